The molecule has 1 aliphatic carbocycles. The average Bonchev–Trinajstić information content (AvgIpc) is 2.79. The van der Waals surface area contributed by atoms with Gasteiger partial charge in [-0.05, 0) is 80.8 Å². The van der Waals surface area contributed by atoms with Crippen LogP contribution in [0.4, 0.5) is 4.39 Å². The number of likely N-dealkylation sites (tertiary alicyclic amines) is 1. The number of carbonyl (C=O) groups excluding carboxylic acids is 1. The van der Waals surface area contributed by atoms with Crippen LogP contribution in [-0.2, 0) is 0 Å². The summed E-state index contributed by atoms with van der Waals surface area (Å²) in [6, 6.07) is 11.5. The van der Waals surface area contributed by atoms with E-state index >= 15 is 0 Å². The van der Waals surface area contributed by atoms with Crippen LogP contribution in [0.15, 0.2) is 60.8 Å². The number of carbonyl (C=O) groups is 1. The van der Waals surface area contributed by atoms with Gasteiger partial charge in [-0.15, -0.1) is 0 Å². The van der Waals surface area contributed by atoms with Crippen molar-refractivity contribution in [3.8, 4) is 0 Å². The Labute approximate surface area is 178 Å². The highest BCUT2D eigenvalue weighted by Gasteiger charge is 2.31. The predicted molar refractivity (Wildman–Crippen MR) is 116 cm³/mol. The van der Waals surface area contributed by atoms with Gasteiger partial charge in [0.25, 0.3) is 5.91 Å². The number of hydrogen-bond donors (Lipinski definition) is 1. The summed E-state index contributed by atoms with van der Waals surface area (Å²) in [6.07, 6.45) is 12.1. The van der Waals surface area contributed by atoms with Crippen molar-refractivity contribution < 1.29 is 9.18 Å². The van der Waals surface area contributed by atoms with Gasteiger partial charge in [-0.2, -0.15) is 0 Å². The third-order valence-electron chi connectivity index (χ3n) is 6.29. The molecule has 1 amide bonds. The number of hydrogen-bond acceptors (Lipinski definition) is 3. The number of halogens is 1. The van der Waals surface area contributed by atoms with E-state index < -0.39 is 5.82 Å². The molecule has 1 aliphatic heterocycles. The van der Waals surface area contributed by atoms with Gasteiger partial charge >= 0.3 is 0 Å². The number of allylic oxidation sites excluding steroid dienone is 2. The van der Waals surface area contributed by atoms with Gasteiger partial charge in [-0.3, -0.25) is 9.78 Å². The topological polar surface area (TPSA) is 45.2 Å². The molecule has 1 saturated heterocycles. The summed E-state index contributed by atoms with van der Waals surface area (Å²) in [4.78, 5) is 20.0. The molecule has 2 aromatic rings. The van der Waals surface area contributed by atoms with Crippen LogP contribution in [0, 0.1) is 17.7 Å². The van der Waals surface area contributed by atoms with E-state index in [1.54, 1.807) is 18.3 Å². The molecule has 0 unspecified atom stereocenters. The summed E-state index contributed by atoms with van der Waals surface area (Å²) in [5, 5.41) is 3.16. The van der Waals surface area contributed by atoms with E-state index in [4.69, 9.17) is 0 Å². The lowest BCUT2D eigenvalue weighted by molar-refractivity contribution is 0.0863. The lowest BCUT2D eigenvalue weighted by atomic mass is 9.86. The maximum Gasteiger partial charge on any atom is 0.251 e. The Balaban J connectivity index is 1.49. The molecule has 158 valence electrons. The normalized spacial score (nSPS) is 23.1. The Morgan fingerprint density at radius 2 is 2.13 bits per heavy atom. The number of benzene rings is 1. The van der Waals surface area contributed by atoms with E-state index in [2.05, 4.69) is 27.4 Å². The van der Waals surface area contributed by atoms with Crippen LogP contribution in [0.1, 0.15) is 54.2 Å². The molecule has 1 fully saturated rings. The van der Waals surface area contributed by atoms with Crippen LogP contribution >= 0.6 is 0 Å². The molecule has 4 nitrogen and oxygen atoms in total. The van der Waals surface area contributed by atoms with Gasteiger partial charge < -0.3 is 10.2 Å². The van der Waals surface area contributed by atoms with Crippen LogP contribution in [0.25, 0.3) is 0 Å². The molecule has 1 aromatic carbocycles. The lowest BCUT2D eigenvalue weighted by Gasteiger charge is -2.38. The minimum absolute atomic E-state index is 0.184. The molecular weight excluding hydrogens is 377 g/mol. The fourth-order valence-electron chi connectivity index (χ4n) is 4.76. The number of nitrogens with zero attached hydrogens (tertiary/aromatic N) is 2. The van der Waals surface area contributed by atoms with E-state index in [-0.39, 0.29) is 17.9 Å². The Kier molecular flexibility index (Phi) is 6.90. The van der Waals surface area contributed by atoms with Crippen LogP contribution < -0.4 is 5.32 Å². The van der Waals surface area contributed by atoms with E-state index in [9.17, 15) is 9.18 Å². The molecule has 0 bridgehead atoms. The molecular formula is C25H30FN3O. The Morgan fingerprint density at radius 3 is 2.90 bits per heavy atom. The fourth-order valence-corrected chi connectivity index (χ4v) is 4.76. The number of amides is 1. The Bertz CT molecular complexity index is 870. The Hall–Kier alpha value is -2.53. The molecule has 1 N–H and O–H groups in total. The third kappa shape index (κ3) is 5.33. The molecule has 3 atom stereocenters. The maximum atomic E-state index is 13.6. The summed E-state index contributed by atoms with van der Waals surface area (Å²) >= 11 is 0. The van der Waals surface area contributed by atoms with Crippen molar-refractivity contribution in [2.24, 2.45) is 11.8 Å². The van der Waals surface area contributed by atoms with Crippen LogP contribution in [0.3, 0.4) is 0 Å². The SMILES string of the molecule is O=C(N[C@H](c1ccccn1)[C@H]1CCCN(C[C@@H]2CC=CCC2)C1)c1cccc(F)c1. The quantitative estimate of drug-likeness (QED) is 0.702. The smallest absolute Gasteiger partial charge is 0.251 e. The minimum atomic E-state index is -0.401. The summed E-state index contributed by atoms with van der Waals surface area (Å²) in [5.41, 5.74) is 1.22. The van der Waals surface area contributed by atoms with Gasteiger partial charge in [-0.1, -0.05) is 24.3 Å². The molecule has 30 heavy (non-hydrogen) atoms. The molecule has 2 aliphatic rings. The molecule has 1 aromatic heterocycles. The van der Waals surface area contributed by atoms with Gasteiger partial charge in [0.2, 0.25) is 0 Å². The van der Waals surface area contributed by atoms with Crippen molar-refractivity contribution in [2.45, 2.75) is 38.1 Å². The van der Waals surface area contributed by atoms with Crippen molar-refractivity contribution in [1.29, 1.82) is 0 Å². The van der Waals surface area contributed by atoms with Gasteiger partial charge in [0.1, 0.15) is 5.82 Å². The zero-order valence-electron chi connectivity index (χ0n) is 17.3. The molecule has 0 radical (unpaired) electrons. The summed E-state index contributed by atoms with van der Waals surface area (Å²) < 4.78 is 13.6. The van der Waals surface area contributed by atoms with E-state index in [1.165, 1.54) is 31.4 Å². The van der Waals surface area contributed by atoms with Crippen molar-refractivity contribution in [3.05, 3.63) is 77.9 Å². The highest BCUT2D eigenvalue weighted by atomic mass is 19.1. The monoisotopic (exact) mass is 407 g/mol. The lowest BCUT2D eigenvalue weighted by Crippen LogP contribution is -2.44. The summed E-state index contributed by atoms with van der Waals surface area (Å²) in [5.74, 6) is 0.358. The van der Waals surface area contributed by atoms with E-state index in [0.717, 1.165) is 44.1 Å². The summed E-state index contributed by atoms with van der Waals surface area (Å²) in [6.45, 7) is 3.18. The number of rotatable bonds is 6. The average molecular weight is 408 g/mol. The number of aromatic nitrogens is 1. The van der Waals surface area contributed by atoms with Crippen molar-refractivity contribution in [1.82, 2.24) is 15.2 Å². The number of pyridine rings is 1. The second-order valence-corrected chi connectivity index (χ2v) is 8.53. The van der Waals surface area contributed by atoms with Crippen LogP contribution in [0.2, 0.25) is 0 Å². The Morgan fingerprint density at radius 1 is 1.20 bits per heavy atom. The third-order valence-corrected chi connectivity index (χ3v) is 6.29. The summed E-state index contributed by atoms with van der Waals surface area (Å²) in [7, 11) is 0. The first-order valence-corrected chi connectivity index (χ1v) is 11.0. The largest absolute Gasteiger partial charge is 0.343 e. The van der Waals surface area contributed by atoms with Crippen molar-refractivity contribution in [3.63, 3.8) is 0 Å². The molecule has 0 spiro atoms. The molecule has 2 heterocycles. The van der Waals surface area contributed by atoms with E-state index in [1.807, 2.05) is 18.2 Å². The molecule has 4 rings (SSSR count). The maximum absolute atomic E-state index is 13.6. The van der Waals surface area contributed by atoms with Crippen LogP contribution in [-0.4, -0.2) is 35.4 Å². The van der Waals surface area contributed by atoms with Gasteiger partial charge in [0.15, 0.2) is 0 Å². The highest BCUT2D eigenvalue weighted by molar-refractivity contribution is 5.94. The van der Waals surface area contributed by atoms with Crippen molar-refractivity contribution in [2.75, 3.05) is 19.6 Å². The zero-order chi connectivity index (χ0) is 20.8. The number of nitrogens with one attached hydrogen (secondary N) is 1. The first-order chi connectivity index (χ1) is 14.7. The van der Waals surface area contributed by atoms with Gasteiger partial charge in [0.05, 0.1) is 11.7 Å². The predicted octanol–water partition coefficient (Wildman–Crippen LogP) is 4.76. The second-order valence-electron chi connectivity index (χ2n) is 8.53. The van der Waals surface area contributed by atoms with Gasteiger partial charge in [0, 0.05) is 24.8 Å². The molecule has 0 saturated carbocycles. The van der Waals surface area contributed by atoms with Crippen molar-refractivity contribution >= 4 is 5.91 Å². The minimum Gasteiger partial charge on any atom is -0.343 e. The first kappa shape index (κ1) is 20.7. The van der Waals surface area contributed by atoms with Crippen LogP contribution in [0.5, 0.6) is 0 Å². The van der Waals surface area contributed by atoms with E-state index in [0.29, 0.717) is 5.56 Å². The standard InChI is InChI=1S/C25H30FN3O/c26-22-12-6-10-20(16-22)25(30)28-24(23-13-4-5-14-27-23)21-11-7-15-29(18-21)17-19-8-2-1-3-9-19/h1-2,4-6,10,12-14,16,19,21,24H,3,7-9,11,15,17-18H2,(H,28,30)/t19-,21+,24+/m1/s1. The zero-order valence-corrected chi connectivity index (χ0v) is 17.3. The highest BCUT2D eigenvalue weighted by Crippen LogP contribution is 2.31. The van der Waals surface area contributed by atoms with Gasteiger partial charge in [-0.25, -0.2) is 4.39 Å². The first-order valence-electron chi connectivity index (χ1n) is 11.0. The molecule has 5 heteroatoms. The number of piperidine rings is 1. The fraction of sp³-hybridized carbons (Fsp3) is 0.440. The second kappa shape index (κ2) is 9.98.